The van der Waals surface area contributed by atoms with Crippen molar-refractivity contribution in [3.05, 3.63) is 46.4 Å². The number of carbonyl (C=O) groups is 2. The first-order valence-corrected chi connectivity index (χ1v) is 9.99. The summed E-state index contributed by atoms with van der Waals surface area (Å²) in [5.41, 5.74) is -0.812. The van der Waals surface area contributed by atoms with Crippen molar-refractivity contribution in [3.8, 4) is 5.69 Å². The van der Waals surface area contributed by atoms with Crippen molar-refractivity contribution in [1.29, 1.82) is 0 Å². The third-order valence-electron chi connectivity index (χ3n) is 4.99. The number of carbonyl (C=O) groups excluding carboxylic acids is 2. The Bertz CT molecular complexity index is 1030. The molecule has 168 valence electrons. The van der Waals surface area contributed by atoms with Crippen molar-refractivity contribution >= 4 is 17.8 Å². The Hall–Kier alpha value is -3.27. The number of rotatable bonds is 4. The minimum absolute atomic E-state index is 0.0490. The number of β-amino-alcohol motifs (C(OH)–C–C–N with tert-alkyl or cyclic N) is 1. The molecule has 31 heavy (non-hydrogen) atoms. The van der Waals surface area contributed by atoms with Crippen LogP contribution in [0.2, 0.25) is 0 Å². The standard InChI is InChI=1S/C21H29N5O5/c1-14-16(17(27)26(24(14)5)15-9-7-6-8-10-15)23-18(28)22-11-21(30)12-25(13-21)19(29)31-20(2,3)4/h6-10,30H,11-13H2,1-5H3,(H2,22,23,28). The van der Waals surface area contributed by atoms with Crippen molar-refractivity contribution in [3.63, 3.8) is 0 Å². The molecule has 1 aromatic carbocycles. The lowest BCUT2D eigenvalue weighted by Gasteiger charge is -2.46. The van der Waals surface area contributed by atoms with Crippen LogP contribution < -0.4 is 16.2 Å². The number of aromatic nitrogens is 2. The second kappa shape index (κ2) is 8.10. The van der Waals surface area contributed by atoms with Crippen molar-refractivity contribution in [2.24, 2.45) is 7.05 Å². The van der Waals surface area contributed by atoms with Gasteiger partial charge in [-0.25, -0.2) is 14.3 Å². The third kappa shape index (κ3) is 4.91. The first kappa shape index (κ1) is 22.4. The van der Waals surface area contributed by atoms with Crippen molar-refractivity contribution in [1.82, 2.24) is 19.6 Å². The molecule has 2 aromatic rings. The van der Waals surface area contributed by atoms with Crippen LogP contribution in [0.5, 0.6) is 0 Å². The summed E-state index contributed by atoms with van der Waals surface area (Å²) in [5.74, 6) is 0. The van der Waals surface area contributed by atoms with E-state index in [-0.39, 0.29) is 30.9 Å². The zero-order chi connectivity index (χ0) is 23.0. The number of para-hydroxylation sites is 1. The number of hydrogen-bond acceptors (Lipinski definition) is 5. The maximum atomic E-state index is 12.8. The van der Waals surface area contributed by atoms with Crippen molar-refractivity contribution in [2.45, 2.75) is 38.9 Å². The molecule has 10 nitrogen and oxygen atoms in total. The second-order valence-corrected chi connectivity index (χ2v) is 8.80. The van der Waals surface area contributed by atoms with E-state index in [2.05, 4.69) is 10.6 Å². The van der Waals surface area contributed by atoms with Gasteiger partial charge in [-0.1, -0.05) is 18.2 Å². The molecular weight excluding hydrogens is 402 g/mol. The fourth-order valence-corrected chi connectivity index (χ4v) is 3.35. The molecule has 0 saturated carbocycles. The highest BCUT2D eigenvalue weighted by Gasteiger charge is 2.45. The number of anilines is 1. The highest BCUT2D eigenvalue weighted by atomic mass is 16.6. The smallest absolute Gasteiger partial charge is 0.410 e. The van der Waals surface area contributed by atoms with Crippen LogP contribution >= 0.6 is 0 Å². The summed E-state index contributed by atoms with van der Waals surface area (Å²) in [6.07, 6.45) is -0.511. The van der Waals surface area contributed by atoms with E-state index in [9.17, 15) is 19.5 Å². The lowest BCUT2D eigenvalue weighted by atomic mass is 9.95. The zero-order valence-corrected chi connectivity index (χ0v) is 18.4. The quantitative estimate of drug-likeness (QED) is 0.680. The molecule has 3 amide bonds. The van der Waals surface area contributed by atoms with E-state index in [4.69, 9.17) is 4.74 Å². The Morgan fingerprint density at radius 3 is 2.39 bits per heavy atom. The van der Waals surface area contributed by atoms with E-state index in [0.29, 0.717) is 11.4 Å². The van der Waals surface area contributed by atoms with Gasteiger partial charge in [0.1, 0.15) is 16.9 Å². The monoisotopic (exact) mass is 431 g/mol. The molecule has 0 bridgehead atoms. The Morgan fingerprint density at radius 1 is 1.19 bits per heavy atom. The highest BCUT2D eigenvalue weighted by Crippen LogP contribution is 2.23. The third-order valence-corrected chi connectivity index (χ3v) is 4.99. The van der Waals surface area contributed by atoms with Gasteiger partial charge in [-0.2, -0.15) is 0 Å². The molecule has 3 N–H and O–H groups in total. The summed E-state index contributed by atoms with van der Waals surface area (Å²) < 4.78 is 8.37. The molecule has 1 fully saturated rings. The van der Waals surface area contributed by atoms with Crippen molar-refractivity contribution in [2.75, 3.05) is 25.0 Å². The normalized spacial score (nSPS) is 15.2. The Balaban J connectivity index is 1.59. The molecule has 10 heteroatoms. The first-order chi connectivity index (χ1) is 14.4. The fraction of sp³-hybridized carbons (Fsp3) is 0.476. The Kier molecular flexibility index (Phi) is 5.86. The van der Waals surface area contributed by atoms with E-state index in [1.54, 1.807) is 51.6 Å². The van der Waals surface area contributed by atoms with Crippen molar-refractivity contribution < 1.29 is 19.4 Å². The summed E-state index contributed by atoms with van der Waals surface area (Å²) in [6, 6.07) is 8.48. The van der Waals surface area contributed by atoms with Crippen LogP contribution in [0.4, 0.5) is 15.3 Å². The van der Waals surface area contributed by atoms with E-state index in [1.807, 2.05) is 18.2 Å². The van der Waals surface area contributed by atoms with Crippen LogP contribution in [0.1, 0.15) is 26.5 Å². The number of benzene rings is 1. The van der Waals surface area contributed by atoms with Crippen LogP contribution in [0.3, 0.4) is 0 Å². The number of hydrogen-bond donors (Lipinski definition) is 3. The van der Waals surface area contributed by atoms with Gasteiger partial charge in [0.25, 0.3) is 5.56 Å². The average Bonchev–Trinajstić information content (AvgIpc) is 2.87. The van der Waals surface area contributed by atoms with Gasteiger partial charge >= 0.3 is 12.1 Å². The number of nitrogens with zero attached hydrogens (tertiary/aromatic N) is 3. The number of urea groups is 1. The Morgan fingerprint density at radius 2 is 1.81 bits per heavy atom. The molecule has 3 rings (SSSR count). The number of nitrogens with one attached hydrogen (secondary N) is 2. The maximum Gasteiger partial charge on any atom is 0.410 e. The average molecular weight is 431 g/mol. The molecule has 2 heterocycles. The highest BCUT2D eigenvalue weighted by molar-refractivity contribution is 5.89. The maximum absolute atomic E-state index is 12.8. The zero-order valence-electron chi connectivity index (χ0n) is 18.4. The molecule has 0 radical (unpaired) electrons. The van der Waals surface area contributed by atoms with Gasteiger partial charge < -0.3 is 25.4 Å². The van der Waals surface area contributed by atoms with Crippen LogP contribution in [-0.2, 0) is 11.8 Å². The summed E-state index contributed by atoms with van der Waals surface area (Å²) in [4.78, 5) is 38.6. The van der Waals surface area contributed by atoms with E-state index in [0.717, 1.165) is 0 Å². The van der Waals surface area contributed by atoms with Gasteiger partial charge in [-0.05, 0) is 39.8 Å². The largest absolute Gasteiger partial charge is 0.444 e. The van der Waals surface area contributed by atoms with Gasteiger partial charge in [0, 0.05) is 7.05 Å². The van der Waals surface area contributed by atoms with Crippen LogP contribution in [-0.4, -0.2) is 62.3 Å². The van der Waals surface area contributed by atoms with Crippen LogP contribution in [0.25, 0.3) is 5.69 Å². The van der Waals surface area contributed by atoms with Gasteiger partial charge in [-0.15, -0.1) is 0 Å². The van der Waals surface area contributed by atoms with E-state index >= 15 is 0 Å². The molecule has 1 aliphatic heterocycles. The summed E-state index contributed by atoms with van der Waals surface area (Å²) in [5, 5.41) is 15.6. The molecule has 1 saturated heterocycles. The van der Waals surface area contributed by atoms with E-state index < -0.39 is 23.3 Å². The Labute approximate surface area is 180 Å². The summed E-state index contributed by atoms with van der Waals surface area (Å²) in [6.45, 7) is 7.05. The van der Waals surface area contributed by atoms with Crippen LogP contribution in [0, 0.1) is 6.92 Å². The number of aliphatic hydroxyl groups is 1. The minimum Gasteiger partial charge on any atom is -0.444 e. The van der Waals surface area contributed by atoms with Gasteiger partial charge in [0.2, 0.25) is 0 Å². The predicted molar refractivity (Wildman–Crippen MR) is 116 cm³/mol. The number of likely N-dealkylation sites (tertiary alicyclic amines) is 1. The second-order valence-electron chi connectivity index (χ2n) is 8.80. The number of ether oxygens (including phenoxy) is 1. The topological polar surface area (TPSA) is 118 Å². The predicted octanol–water partition coefficient (Wildman–Crippen LogP) is 1.59. The lowest BCUT2D eigenvalue weighted by molar-refractivity contribution is -0.0944. The lowest BCUT2D eigenvalue weighted by Crippen LogP contribution is -2.68. The number of amides is 3. The summed E-state index contributed by atoms with van der Waals surface area (Å²) >= 11 is 0. The van der Waals surface area contributed by atoms with Gasteiger partial charge in [-0.3, -0.25) is 9.48 Å². The fourth-order valence-electron chi connectivity index (χ4n) is 3.35. The molecule has 1 aromatic heterocycles. The molecule has 0 atom stereocenters. The molecule has 1 aliphatic rings. The molecular formula is C21H29N5O5. The minimum atomic E-state index is -1.25. The van der Waals surface area contributed by atoms with Gasteiger partial charge in [0.15, 0.2) is 0 Å². The molecule has 0 aliphatic carbocycles. The molecule has 0 unspecified atom stereocenters. The summed E-state index contributed by atoms with van der Waals surface area (Å²) in [7, 11) is 1.73. The van der Waals surface area contributed by atoms with Gasteiger partial charge in [0.05, 0.1) is 31.0 Å². The first-order valence-electron chi connectivity index (χ1n) is 9.99. The molecule has 0 spiro atoms. The SMILES string of the molecule is Cc1c(NC(=O)NCC2(O)CN(C(=O)OC(C)(C)C)C2)c(=O)n(-c2ccccc2)n1C. The van der Waals surface area contributed by atoms with E-state index in [1.165, 1.54) is 9.58 Å². The van der Waals surface area contributed by atoms with Crippen LogP contribution in [0.15, 0.2) is 35.1 Å².